The number of fused-ring (bicyclic) bond motifs is 1. The van der Waals surface area contributed by atoms with E-state index in [-0.39, 0.29) is 6.54 Å². The van der Waals surface area contributed by atoms with Gasteiger partial charge in [-0.15, -0.1) is 5.10 Å². The number of hydrogen-bond donors (Lipinski definition) is 1. The van der Waals surface area contributed by atoms with Crippen LogP contribution in [0.1, 0.15) is 0 Å². The van der Waals surface area contributed by atoms with Crippen molar-refractivity contribution in [1.29, 1.82) is 0 Å². The average Bonchev–Trinajstić information content (AvgIpc) is 2.44. The minimum atomic E-state index is -0.589. The predicted molar refractivity (Wildman–Crippen MR) is 50.1 cm³/mol. The number of anilines is 1. The molecule has 2 N–H and O–H groups in total. The third-order valence-corrected chi connectivity index (χ3v) is 2.03. The molecule has 74 valence electrons. The van der Waals surface area contributed by atoms with Crippen molar-refractivity contribution >= 4 is 16.6 Å². The van der Waals surface area contributed by atoms with Gasteiger partial charge >= 0.3 is 0 Å². The minimum Gasteiger partial charge on any atom is -0.399 e. The van der Waals surface area contributed by atoms with Crippen molar-refractivity contribution in [3.05, 3.63) is 24.1 Å². The normalized spacial score (nSPS) is 11.0. The number of nitrogens with zero attached hydrogens (tertiary/aromatic N) is 2. The molecule has 0 radical (unpaired) electrons. The highest BCUT2D eigenvalue weighted by atomic mass is 19.1. The molecular weight excluding hydrogens is 188 g/mol. The molecule has 3 nitrogen and oxygen atoms in total. The van der Waals surface area contributed by atoms with Crippen molar-refractivity contribution in [2.24, 2.45) is 0 Å². The fraction of sp³-hybridized carbons (Fsp3) is 0.222. The van der Waals surface area contributed by atoms with Crippen LogP contribution in [-0.2, 0) is 6.54 Å². The second-order valence-electron chi connectivity index (χ2n) is 2.98. The maximum Gasteiger partial charge on any atom is 0.240 e. The second kappa shape index (κ2) is 3.25. The largest absolute Gasteiger partial charge is 0.399 e. The summed E-state index contributed by atoms with van der Waals surface area (Å²) in [7, 11) is 0. The van der Waals surface area contributed by atoms with E-state index < -0.39 is 12.6 Å². The van der Waals surface area contributed by atoms with Crippen LogP contribution in [0.25, 0.3) is 10.9 Å². The molecule has 0 bridgehead atoms. The summed E-state index contributed by atoms with van der Waals surface area (Å²) in [5, 5.41) is 3.94. The van der Waals surface area contributed by atoms with Gasteiger partial charge in [0.1, 0.15) is 6.67 Å². The first-order chi connectivity index (χ1) is 6.72. The minimum absolute atomic E-state index is 0.0455. The Labute approximate surface area is 79.1 Å². The van der Waals surface area contributed by atoms with Crippen LogP contribution in [0, 0.1) is 5.95 Å². The molecule has 2 aromatic rings. The Bertz CT molecular complexity index is 464. The van der Waals surface area contributed by atoms with Gasteiger partial charge in [0.25, 0.3) is 0 Å². The van der Waals surface area contributed by atoms with E-state index >= 15 is 0 Å². The molecule has 0 saturated carbocycles. The Balaban J connectivity index is 2.66. The maximum absolute atomic E-state index is 13.2. The molecule has 0 spiro atoms. The van der Waals surface area contributed by atoms with E-state index in [4.69, 9.17) is 5.73 Å². The van der Waals surface area contributed by atoms with Crippen molar-refractivity contribution in [1.82, 2.24) is 9.78 Å². The van der Waals surface area contributed by atoms with E-state index in [0.717, 1.165) is 0 Å². The SMILES string of the molecule is Nc1ccc2c(F)nn(CCF)c2c1. The molecule has 0 atom stereocenters. The quantitative estimate of drug-likeness (QED) is 0.745. The number of nitrogens with two attached hydrogens (primary N) is 1. The number of rotatable bonds is 2. The number of hydrogen-bond acceptors (Lipinski definition) is 2. The highest BCUT2D eigenvalue weighted by Gasteiger charge is 2.09. The molecule has 0 unspecified atom stereocenters. The summed E-state index contributed by atoms with van der Waals surface area (Å²) in [6, 6.07) is 4.72. The number of aromatic nitrogens is 2. The molecule has 0 fully saturated rings. The first kappa shape index (κ1) is 8.93. The Morgan fingerprint density at radius 2 is 2.21 bits per heavy atom. The van der Waals surface area contributed by atoms with Gasteiger partial charge in [0.15, 0.2) is 0 Å². The highest BCUT2D eigenvalue weighted by Crippen LogP contribution is 2.19. The van der Waals surface area contributed by atoms with Crippen LogP contribution < -0.4 is 5.73 Å². The van der Waals surface area contributed by atoms with Crippen LogP contribution in [0.2, 0.25) is 0 Å². The van der Waals surface area contributed by atoms with Crippen LogP contribution in [-0.4, -0.2) is 16.5 Å². The molecule has 1 aromatic heterocycles. The zero-order chi connectivity index (χ0) is 10.1. The van der Waals surface area contributed by atoms with E-state index in [0.29, 0.717) is 16.6 Å². The summed E-state index contributed by atoms with van der Waals surface area (Å²) in [6.07, 6.45) is 0. The van der Waals surface area contributed by atoms with Crippen molar-refractivity contribution in [3.63, 3.8) is 0 Å². The first-order valence-corrected chi connectivity index (χ1v) is 4.20. The van der Waals surface area contributed by atoms with E-state index in [1.165, 1.54) is 4.68 Å². The fourth-order valence-electron chi connectivity index (χ4n) is 1.40. The summed E-state index contributed by atoms with van der Waals surface area (Å²) in [6.45, 7) is -0.533. The van der Waals surface area contributed by atoms with Crippen molar-refractivity contribution in [3.8, 4) is 0 Å². The lowest BCUT2D eigenvalue weighted by molar-refractivity contribution is 0.422. The molecule has 14 heavy (non-hydrogen) atoms. The van der Waals surface area contributed by atoms with Gasteiger partial charge in [0.2, 0.25) is 5.95 Å². The maximum atomic E-state index is 13.2. The van der Waals surface area contributed by atoms with Crippen molar-refractivity contribution in [2.75, 3.05) is 12.4 Å². The van der Waals surface area contributed by atoms with E-state index in [1.54, 1.807) is 18.2 Å². The van der Waals surface area contributed by atoms with Crippen LogP contribution in [0.15, 0.2) is 18.2 Å². The summed E-state index contributed by atoms with van der Waals surface area (Å²) in [4.78, 5) is 0. The number of nitrogen functional groups attached to an aromatic ring is 1. The number of alkyl halides is 1. The van der Waals surface area contributed by atoms with Crippen molar-refractivity contribution in [2.45, 2.75) is 6.54 Å². The van der Waals surface area contributed by atoms with Gasteiger partial charge < -0.3 is 5.73 Å². The summed E-state index contributed by atoms with van der Waals surface area (Å²) in [5.41, 5.74) is 6.58. The molecule has 1 heterocycles. The average molecular weight is 197 g/mol. The third kappa shape index (κ3) is 1.30. The molecule has 0 aliphatic rings. The Kier molecular flexibility index (Phi) is 2.07. The first-order valence-electron chi connectivity index (χ1n) is 4.20. The Hall–Kier alpha value is -1.65. The molecule has 1 aromatic carbocycles. The van der Waals surface area contributed by atoms with Crippen molar-refractivity contribution < 1.29 is 8.78 Å². The molecular formula is C9H9F2N3. The Morgan fingerprint density at radius 1 is 1.43 bits per heavy atom. The topological polar surface area (TPSA) is 43.8 Å². The van der Waals surface area contributed by atoms with E-state index in [1.807, 2.05) is 0 Å². The van der Waals surface area contributed by atoms with Gasteiger partial charge in [-0.05, 0) is 18.2 Å². The molecule has 0 aliphatic carbocycles. The second-order valence-corrected chi connectivity index (χ2v) is 2.98. The van der Waals surface area contributed by atoms with Gasteiger partial charge in [0.05, 0.1) is 17.4 Å². The Morgan fingerprint density at radius 3 is 2.93 bits per heavy atom. The summed E-state index contributed by atoms with van der Waals surface area (Å²) in [5.74, 6) is -0.589. The smallest absolute Gasteiger partial charge is 0.240 e. The zero-order valence-electron chi connectivity index (χ0n) is 7.37. The predicted octanol–water partition coefficient (Wildman–Crippen LogP) is 1.73. The number of aryl methyl sites for hydroxylation is 1. The lowest BCUT2D eigenvalue weighted by Gasteiger charge is -1.99. The van der Waals surface area contributed by atoms with Crippen LogP contribution >= 0.6 is 0 Å². The van der Waals surface area contributed by atoms with Crippen LogP contribution in [0.4, 0.5) is 14.5 Å². The van der Waals surface area contributed by atoms with E-state index in [9.17, 15) is 8.78 Å². The van der Waals surface area contributed by atoms with Gasteiger partial charge in [-0.3, -0.25) is 4.68 Å². The van der Waals surface area contributed by atoms with Crippen LogP contribution in [0.3, 0.4) is 0 Å². The number of benzene rings is 1. The summed E-state index contributed by atoms with van der Waals surface area (Å²) < 4.78 is 26.5. The van der Waals surface area contributed by atoms with Gasteiger partial charge in [-0.25, -0.2) is 4.39 Å². The molecule has 0 amide bonds. The standard InChI is InChI=1S/C9H9F2N3/c10-3-4-14-8-5-6(12)1-2-7(8)9(11)13-14/h1-2,5H,3-4,12H2. The lowest BCUT2D eigenvalue weighted by atomic mass is 10.2. The van der Waals surface area contributed by atoms with Gasteiger partial charge in [0, 0.05) is 5.69 Å². The van der Waals surface area contributed by atoms with Gasteiger partial charge in [-0.1, -0.05) is 0 Å². The van der Waals surface area contributed by atoms with E-state index in [2.05, 4.69) is 5.10 Å². The molecule has 0 aliphatic heterocycles. The fourth-order valence-corrected chi connectivity index (χ4v) is 1.40. The highest BCUT2D eigenvalue weighted by molar-refractivity contribution is 5.82. The van der Waals surface area contributed by atoms with Crippen LogP contribution in [0.5, 0.6) is 0 Å². The summed E-state index contributed by atoms with van der Waals surface area (Å²) >= 11 is 0. The molecule has 2 rings (SSSR count). The molecule has 5 heteroatoms. The number of halogens is 2. The molecule has 0 saturated heterocycles. The van der Waals surface area contributed by atoms with Gasteiger partial charge in [-0.2, -0.15) is 4.39 Å². The third-order valence-electron chi connectivity index (χ3n) is 2.03. The monoisotopic (exact) mass is 197 g/mol. The lowest BCUT2D eigenvalue weighted by Crippen LogP contribution is -2.01. The zero-order valence-corrected chi connectivity index (χ0v) is 7.37.